The fourth-order valence-electron chi connectivity index (χ4n) is 3.76. The van der Waals surface area contributed by atoms with Crippen LogP contribution in [-0.4, -0.2) is 23.4 Å². The predicted molar refractivity (Wildman–Crippen MR) is 120 cm³/mol. The summed E-state index contributed by atoms with van der Waals surface area (Å²) in [4.78, 5) is 27.3. The summed E-state index contributed by atoms with van der Waals surface area (Å²) in [6.07, 6.45) is 0.854. The molecule has 1 unspecified atom stereocenters. The second-order valence-electron chi connectivity index (χ2n) is 7.40. The van der Waals surface area contributed by atoms with Gasteiger partial charge in [0.25, 0.3) is 11.7 Å². The van der Waals surface area contributed by atoms with Crippen molar-refractivity contribution in [2.75, 3.05) is 11.5 Å². The molecule has 6 heteroatoms. The van der Waals surface area contributed by atoms with Gasteiger partial charge in [0.05, 0.1) is 18.2 Å². The molecule has 4 rings (SSSR count). The Hall–Kier alpha value is -3.93. The summed E-state index contributed by atoms with van der Waals surface area (Å²) < 4.78 is 20.4. The minimum atomic E-state index is -1.10. The number of hydrogen-bond acceptors (Lipinski definition) is 4. The Bertz CT molecular complexity index is 1170. The summed E-state index contributed by atoms with van der Waals surface area (Å²) in [6.45, 7) is 2.55. The Morgan fingerprint density at radius 1 is 0.969 bits per heavy atom. The number of carbonyl (C=O) groups excluding carboxylic acids is 2. The van der Waals surface area contributed by atoms with Crippen LogP contribution in [0.25, 0.3) is 5.76 Å². The molecule has 1 saturated heterocycles. The molecule has 0 saturated carbocycles. The van der Waals surface area contributed by atoms with Crippen molar-refractivity contribution in [1.29, 1.82) is 0 Å². The third-order valence-corrected chi connectivity index (χ3v) is 5.28. The van der Waals surface area contributed by atoms with Gasteiger partial charge in [0.15, 0.2) is 0 Å². The number of anilines is 1. The average molecular weight is 431 g/mol. The SMILES string of the molecule is CCCOc1ccc(/C(O)=C2/C(=O)C(=O)N(c3ccccc3)C2c2ccccc2F)cc1. The van der Waals surface area contributed by atoms with Gasteiger partial charge in [-0.15, -0.1) is 0 Å². The highest BCUT2D eigenvalue weighted by atomic mass is 19.1. The Labute approximate surface area is 185 Å². The monoisotopic (exact) mass is 431 g/mol. The van der Waals surface area contributed by atoms with E-state index in [4.69, 9.17) is 4.74 Å². The van der Waals surface area contributed by atoms with Gasteiger partial charge in [0, 0.05) is 16.8 Å². The number of halogens is 1. The maximum absolute atomic E-state index is 14.8. The third-order valence-electron chi connectivity index (χ3n) is 5.28. The van der Waals surface area contributed by atoms with E-state index < -0.39 is 23.5 Å². The molecule has 0 aliphatic carbocycles. The zero-order valence-electron chi connectivity index (χ0n) is 17.5. The van der Waals surface area contributed by atoms with Gasteiger partial charge in [-0.3, -0.25) is 14.5 Å². The quantitative estimate of drug-likeness (QED) is 0.329. The number of ether oxygens (including phenoxy) is 1. The topological polar surface area (TPSA) is 66.8 Å². The number of Topliss-reactive ketones (excluding diaryl/α,β-unsaturated/α-hetero) is 1. The fraction of sp³-hybridized carbons (Fsp3) is 0.154. The molecular weight excluding hydrogens is 409 g/mol. The van der Waals surface area contributed by atoms with Crippen molar-refractivity contribution in [2.24, 2.45) is 0 Å². The summed E-state index contributed by atoms with van der Waals surface area (Å²) in [5, 5.41) is 11.1. The molecular formula is C26H22FNO4. The predicted octanol–water partition coefficient (Wildman–Crippen LogP) is 5.24. The van der Waals surface area contributed by atoms with Crippen molar-refractivity contribution in [3.63, 3.8) is 0 Å². The number of rotatable bonds is 6. The van der Waals surface area contributed by atoms with Crippen molar-refractivity contribution in [1.82, 2.24) is 0 Å². The molecule has 1 aliphatic rings. The van der Waals surface area contributed by atoms with E-state index in [9.17, 15) is 19.1 Å². The normalized spacial score (nSPS) is 17.6. The van der Waals surface area contributed by atoms with Gasteiger partial charge < -0.3 is 9.84 Å². The van der Waals surface area contributed by atoms with Crippen LogP contribution in [0.1, 0.15) is 30.5 Å². The summed E-state index contributed by atoms with van der Waals surface area (Å²) in [6, 6.07) is 20.0. The first-order valence-electron chi connectivity index (χ1n) is 10.4. The Morgan fingerprint density at radius 2 is 1.62 bits per heavy atom. The first-order valence-corrected chi connectivity index (χ1v) is 10.4. The first kappa shape index (κ1) is 21.3. The first-order chi connectivity index (χ1) is 15.5. The van der Waals surface area contributed by atoms with E-state index >= 15 is 0 Å². The summed E-state index contributed by atoms with van der Waals surface area (Å²) in [5.74, 6) is -2.01. The van der Waals surface area contributed by atoms with Crippen LogP contribution in [0.3, 0.4) is 0 Å². The molecule has 0 bridgehead atoms. The van der Waals surface area contributed by atoms with E-state index in [2.05, 4.69) is 0 Å². The highest BCUT2D eigenvalue weighted by molar-refractivity contribution is 6.51. The molecule has 32 heavy (non-hydrogen) atoms. The van der Waals surface area contributed by atoms with E-state index in [1.165, 1.54) is 23.1 Å². The van der Waals surface area contributed by atoms with Gasteiger partial charge in [-0.25, -0.2) is 4.39 Å². The van der Waals surface area contributed by atoms with Crippen molar-refractivity contribution in [3.05, 3.63) is 101 Å². The van der Waals surface area contributed by atoms with Crippen LogP contribution in [0.4, 0.5) is 10.1 Å². The maximum atomic E-state index is 14.8. The lowest BCUT2D eigenvalue weighted by atomic mass is 9.94. The number of benzene rings is 3. The Balaban J connectivity index is 1.86. The molecule has 0 spiro atoms. The van der Waals surface area contributed by atoms with Crippen LogP contribution < -0.4 is 9.64 Å². The smallest absolute Gasteiger partial charge is 0.300 e. The second-order valence-corrected chi connectivity index (χ2v) is 7.40. The molecule has 3 aromatic carbocycles. The molecule has 1 N–H and O–H groups in total. The number of amides is 1. The summed E-state index contributed by atoms with van der Waals surface area (Å²) in [5.41, 5.74) is 0.734. The molecule has 162 valence electrons. The lowest BCUT2D eigenvalue weighted by molar-refractivity contribution is -0.132. The van der Waals surface area contributed by atoms with E-state index in [0.717, 1.165) is 6.42 Å². The van der Waals surface area contributed by atoms with Gasteiger partial charge >= 0.3 is 0 Å². The second kappa shape index (κ2) is 9.06. The number of carbonyl (C=O) groups is 2. The van der Waals surface area contributed by atoms with Gasteiger partial charge in [-0.1, -0.05) is 43.3 Å². The molecule has 1 heterocycles. The van der Waals surface area contributed by atoms with Crippen molar-refractivity contribution in [2.45, 2.75) is 19.4 Å². The van der Waals surface area contributed by atoms with Crippen LogP contribution in [0, 0.1) is 5.82 Å². The number of nitrogens with zero attached hydrogens (tertiary/aromatic N) is 1. The van der Waals surface area contributed by atoms with Gasteiger partial charge in [0.2, 0.25) is 0 Å². The minimum Gasteiger partial charge on any atom is -0.507 e. The molecule has 1 aliphatic heterocycles. The molecule has 5 nitrogen and oxygen atoms in total. The number of ketones is 1. The van der Waals surface area contributed by atoms with Crippen LogP contribution >= 0.6 is 0 Å². The van der Waals surface area contributed by atoms with Crippen molar-refractivity contribution < 1.29 is 23.8 Å². The minimum absolute atomic E-state index is 0.125. The van der Waals surface area contributed by atoms with E-state index in [1.807, 2.05) is 6.92 Å². The van der Waals surface area contributed by atoms with Gasteiger partial charge in [-0.05, 0) is 48.9 Å². The highest BCUT2D eigenvalue weighted by Crippen LogP contribution is 2.42. The molecule has 1 amide bonds. The van der Waals surface area contributed by atoms with Crippen LogP contribution in [0.5, 0.6) is 5.75 Å². The molecule has 0 radical (unpaired) electrons. The van der Waals surface area contributed by atoms with Crippen LogP contribution in [-0.2, 0) is 9.59 Å². The highest BCUT2D eigenvalue weighted by Gasteiger charge is 2.47. The van der Waals surface area contributed by atoms with E-state index in [-0.39, 0.29) is 16.9 Å². The maximum Gasteiger partial charge on any atom is 0.300 e. The molecule has 1 atom stereocenters. The largest absolute Gasteiger partial charge is 0.507 e. The number of para-hydroxylation sites is 1. The van der Waals surface area contributed by atoms with Crippen molar-refractivity contribution >= 4 is 23.1 Å². The summed E-state index contributed by atoms with van der Waals surface area (Å²) in [7, 11) is 0. The van der Waals surface area contributed by atoms with E-state index in [1.54, 1.807) is 60.7 Å². The lowest BCUT2D eigenvalue weighted by Crippen LogP contribution is -2.29. The van der Waals surface area contributed by atoms with Gasteiger partial charge in [-0.2, -0.15) is 0 Å². The third kappa shape index (κ3) is 3.87. The summed E-state index contributed by atoms with van der Waals surface area (Å²) >= 11 is 0. The lowest BCUT2D eigenvalue weighted by Gasteiger charge is -2.25. The van der Waals surface area contributed by atoms with Crippen molar-refractivity contribution in [3.8, 4) is 5.75 Å². The fourth-order valence-corrected chi connectivity index (χ4v) is 3.76. The van der Waals surface area contributed by atoms with Gasteiger partial charge in [0.1, 0.15) is 17.3 Å². The molecule has 3 aromatic rings. The molecule has 0 aromatic heterocycles. The number of aliphatic hydroxyl groups excluding tert-OH is 1. The Morgan fingerprint density at radius 3 is 2.28 bits per heavy atom. The Kier molecular flexibility index (Phi) is 6.03. The zero-order chi connectivity index (χ0) is 22.7. The average Bonchev–Trinajstić information content (AvgIpc) is 3.08. The van der Waals surface area contributed by atoms with E-state index in [0.29, 0.717) is 23.6 Å². The molecule has 1 fully saturated rings. The van der Waals surface area contributed by atoms with Crippen LogP contribution in [0.15, 0.2) is 84.4 Å². The number of hydrogen-bond donors (Lipinski definition) is 1. The standard InChI is InChI=1S/C26H22FNO4/c1-2-16-32-19-14-12-17(13-15-19)24(29)22-23(20-10-6-7-11-21(20)27)28(26(31)25(22)30)18-8-4-3-5-9-18/h3-15,23,29H,2,16H2,1H3/b24-22-. The number of aliphatic hydroxyl groups is 1. The zero-order valence-corrected chi connectivity index (χ0v) is 17.5. The van der Waals surface area contributed by atoms with Crippen LogP contribution in [0.2, 0.25) is 0 Å².